The van der Waals surface area contributed by atoms with Gasteiger partial charge in [-0.25, -0.2) is 8.42 Å². The van der Waals surface area contributed by atoms with Crippen LogP contribution in [0, 0.1) is 0 Å². The minimum absolute atomic E-state index is 0.0329. The molecular weight excluding hydrogens is 362 g/mol. The summed E-state index contributed by atoms with van der Waals surface area (Å²) in [4.78, 5) is 23.8. The van der Waals surface area contributed by atoms with Crippen molar-refractivity contribution in [2.24, 2.45) is 5.73 Å². The first kappa shape index (κ1) is 17.4. The van der Waals surface area contributed by atoms with Gasteiger partial charge in [0.05, 0.1) is 10.5 Å². The highest BCUT2D eigenvalue weighted by atomic mass is 32.2. The van der Waals surface area contributed by atoms with Gasteiger partial charge in [0.15, 0.2) is 0 Å². The number of anilines is 2. The summed E-state index contributed by atoms with van der Waals surface area (Å²) in [5, 5.41) is 2.84. The quantitative estimate of drug-likeness (QED) is 0.737. The Bertz CT molecular complexity index is 947. The van der Waals surface area contributed by atoms with Crippen LogP contribution in [0.1, 0.15) is 34.1 Å². The lowest BCUT2D eigenvalue weighted by molar-refractivity contribution is -0.114. The van der Waals surface area contributed by atoms with Gasteiger partial charge in [-0.05, 0) is 49.1 Å². The zero-order valence-electron chi connectivity index (χ0n) is 13.5. The molecular formula is C16H17N3O4S2. The second-order valence-electron chi connectivity index (χ2n) is 5.74. The topological polar surface area (TPSA) is 118 Å². The monoisotopic (exact) mass is 379 g/mol. The summed E-state index contributed by atoms with van der Waals surface area (Å²) in [7, 11) is -3.86. The molecule has 1 aromatic heterocycles. The van der Waals surface area contributed by atoms with Crippen LogP contribution in [0.15, 0.2) is 29.2 Å². The number of primary amides is 1. The molecule has 7 nitrogen and oxygen atoms in total. The Hall–Kier alpha value is -2.39. The first-order valence-corrected chi connectivity index (χ1v) is 9.92. The lowest BCUT2D eigenvalue weighted by Gasteiger charge is -2.09. The van der Waals surface area contributed by atoms with Crippen LogP contribution in [0.4, 0.5) is 10.7 Å². The second-order valence-corrected chi connectivity index (χ2v) is 8.52. The van der Waals surface area contributed by atoms with Gasteiger partial charge in [0.1, 0.15) is 5.00 Å². The number of amides is 2. The zero-order valence-corrected chi connectivity index (χ0v) is 15.1. The van der Waals surface area contributed by atoms with Gasteiger partial charge in [0, 0.05) is 17.5 Å². The molecule has 0 radical (unpaired) electrons. The largest absolute Gasteiger partial charge is 0.365 e. The van der Waals surface area contributed by atoms with Gasteiger partial charge in [-0.1, -0.05) is 0 Å². The number of carbonyl (C=O) groups is 2. The third-order valence-electron chi connectivity index (χ3n) is 3.88. The molecule has 3 rings (SSSR count). The van der Waals surface area contributed by atoms with Gasteiger partial charge in [-0.3, -0.25) is 14.3 Å². The molecule has 132 valence electrons. The van der Waals surface area contributed by atoms with Crippen molar-refractivity contribution in [3.05, 3.63) is 40.3 Å². The number of carbonyl (C=O) groups excluding carboxylic acids is 2. The number of nitrogens with two attached hydrogens (primary N) is 1. The van der Waals surface area contributed by atoms with E-state index >= 15 is 0 Å². The number of rotatable bonds is 5. The Labute approximate surface area is 149 Å². The van der Waals surface area contributed by atoms with E-state index in [4.69, 9.17) is 5.73 Å². The van der Waals surface area contributed by atoms with E-state index in [0.717, 1.165) is 29.7 Å². The van der Waals surface area contributed by atoms with Crippen molar-refractivity contribution in [3.63, 3.8) is 0 Å². The third-order valence-corrected chi connectivity index (χ3v) is 6.58. The standard InChI is InChI=1S/C16H17N3O4S2/c1-9(20)18-10-5-7-11(8-6-10)25(22,23)19-16-14(15(17)21)12-3-2-4-13(12)24-16/h5-8,19H,2-4H2,1H3,(H2,17,21)(H,18,20). The maximum Gasteiger partial charge on any atom is 0.262 e. The third kappa shape index (κ3) is 3.52. The lowest BCUT2D eigenvalue weighted by Crippen LogP contribution is -2.18. The van der Waals surface area contributed by atoms with Crippen molar-refractivity contribution in [1.82, 2.24) is 0 Å². The number of sulfonamides is 1. The first-order chi connectivity index (χ1) is 11.8. The van der Waals surface area contributed by atoms with Crippen LogP contribution in [0.2, 0.25) is 0 Å². The van der Waals surface area contributed by atoms with Crippen LogP contribution < -0.4 is 15.8 Å². The Kier molecular flexibility index (Phi) is 4.53. The molecule has 2 aromatic rings. The van der Waals surface area contributed by atoms with E-state index in [9.17, 15) is 18.0 Å². The van der Waals surface area contributed by atoms with E-state index in [0.29, 0.717) is 5.69 Å². The average Bonchev–Trinajstić information content (AvgIpc) is 3.06. The maximum absolute atomic E-state index is 12.6. The van der Waals surface area contributed by atoms with E-state index in [2.05, 4.69) is 10.0 Å². The van der Waals surface area contributed by atoms with Crippen LogP contribution in [-0.2, 0) is 27.7 Å². The fraction of sp³-hybridized carbons (Fsp3) is 0.250. The minimum Gasteiger partial charge on any atom is -0.365 e. The van der Waals surface area contributed by atoms with E-state index < -0.39 is 15.9 Å². The Morgan fingerprint density at radius 2 is 1.84 bits per heavy atom. The Morgan fingerprint density at radius 1 is 1.16 bits per heavy atom. The molecule has 1 heterocycles. The highest BCUT2D eigenvalue weighted by Gasteiger charge is 2.27. The van der Waals surface area contributed by atoms with Crippen LogP contribution in [0.5, 0.6) is 0 Å². The molecule has 4 N–H and O–H groups in total. The molecule has 0 spiro atoms. The van der Waals surface area contributed by atoms with Crippen molar-refractivity contribution in [1.29, 1.82) is 0 Å². The van der Waals surface area contributed by atoms with E-state index in [1.54, 1.807) is 0 Å². The molecule has 0 fully saturated rings. The average molecular weight is 379 g/mol. The summed E-state index contributed by atoms with van der Waals surface area (Å²) in [5.41, 5.74) is 7.08. The van der Waals surface area contributed by atoms with Crippen molar-refractivity contribution in [2.75, 3.05) is 10.0 Å². The first-order valence-electron chi connectivity index (χ1n) is 7.63. The molecule has 0 bridgehead atoms. The summed E-state index contributed by atoms with van der Waals surface area (Å²) in [6, 6.07) is 5.77. The molecule has 0 aliphatic heterocycles. The molecule has 0 saturated heterocycles. The molecule has 1 aliphatic rings. The number of fused-ring (bicyclic) bond motifs is 1. The van der Waals surface area contributed by atoms with E-state index in [1.807, 2.05) is 0 Å². The van der Waals surface area contributed by atoms with Gasteiger partial charge in [-0.2, -0.15) is 0 Å². The lowest BCUT2D eigenvalue weighted by atomic mass is 10.1. The number of nitrogens with one attached hydrogen (secondary N) is 2. The highest BCUT2D eigenvalue weighted by molar-refractivity contribution is 7.93. The highest BCUT2D eigenvalue weighted by Crippen LogP contribution is 2.39. The zero-order chi connectivity index (χ0) is 18.2. The number of hydrogen-bond acceptors (Lipinski definition) is 5. The number of thiophene rings is 1. The van der Waals surface area contributed by atoms with Gasteiger partial charge in [0.2, 0.25) is 5.91 Å². The number of aryl methyl sites for hydroxylation is 1. The van der Waals surface area contributed by atoms with E-state index in [1.165, 1.54) is 42.5 Å². The molecule has 0 unspecified atom stereocenters. The molecule has 2 amide bonds. The molecule has 25 heavy (non-hydrogen) atoms. The van der Waals surface area contributed by atoms with Crippen molar-refractivity contribution >= 4 is 43.9 Å². The van der Waals surface area contributed by atoms with Gasteiger partial charge < -0.3 is 11.1 Å². The summed E-state index contributed by atoms with van der Waals surface area (Å²) in [6.45, 7) is 1.37. The molecule has 9 heteroatoms. The van der Waals surface area contributed by atoms with Gasteiger partial charge in [-0.15, -0.1) is 11.3 Å². The summed E-state index contributed by atoms with van der Waals surface area (Å²) >= 11 is 1.26. The molecule has 0 atom stereocenters. The number of benzene rings is 1. The second kappa shape index (κ2) is 6.49. The fourth-order valence-electron chi connectivity index (χ4n) is 2.84. The predicted octanol–water partition coefficient (Wildman–Crippen LogP) is 2.09. The summed E-state index contributed by atoms with van der Waals surface area (Å²) in [6.07, 6.45) is 2.50. The van der Waals surface area contributed by atoms with Crippen LogP contribution in [0.3, 0.4) is 0 Å². The van der Waals surface area contributed by atoms with Crippen molar-refractivity contribution < 1.29 is 18.0 Å². The van der Waals surface area contributed by atoms with Gasteiger partial charge in [0.25, 0.3) is 15.9 Å². The summed E-state index contributed by atoms with van der Waals surface area (Å²) in [5.74, 6) is -0.869. The summed E-state index contributed by atoms with van der Waals surface area (Å²) < 4.78 is 27.7. The van der Waals surface area contributed by atoms with Crippen LogP contribution >= 0.6 is 11.3 Å². The van der Waals surface area contributed by atoms with E-state index in [-0.39, 0.29) is 21.4 Å². The van der Waals surface area contributed by atoms with Gasteiger partial charge >= 0.3 is 0 Å². The normalized spacial score (nSPS) is 13.3. The van der Waals surface area contributed by atoms with Crippen LogP contribution in [0.25, 0.3) is 0 Å². The van der Waals surface area contributed by atoms with Crippen molar-refractivity contribution in [2.45, 2.75) is 31.1 Å². The smallest absolute Gasteiger partial charge is 0.262 e. The molecule has 0 saturated carbocycles. The Morgan fingerprint density at radius 3 is 2.44 bits per heavy atom. The van der Waals surface area contributed by atoms with Crippen molar-refractivity contribution in [3.8, 4) is 0 Å². The molecule has 1 aliphatic carbocycles. The Balaban J connectivity index is 1.90. The number of hydrogen-bond donors (Lipinski definition) is 3. The predicted molar refractivity (Wildman–Crippen MR) is 96.4 cm³/mol. The minimum atomic E-state index is -3.86. The van der Waals surface area contributed by atoms with Crippen LogP contribution in [-0.4, -0.2) is 20.2 Å². The fourth-order valence-corrected chi connectivity index (χ4v) is 5.44. The SMILES string of the molecule is CC(=O)Nc1ccc(S(=O)(=O)Nc2sc3c(c2C(N)=O)CCC3)cc1. The maximum atomic E-state index is 12.6. The molecule has 1 aromatic carbocycles.